The highest BCUT2D eigenvalue weighted by atomic mass is 19.1. The summed E-state index contributed by atoms with van der Waals surface area (Å²) < 4.78 is 21.7. The summed E-state index contributed by atoms with van der Waals surface area (Å²) in [5, 5.41) is 3.62. The predicted octanol–water partition coefficient (Wildman–Crippen LogP) is 7.12. The van der Waals surface area contributed by atoms with Gasteiger partial charge in [0.1, 0.15) is 17.8 Å². The molecule has 1 spiro atoms. The van der Waals surface area contributed by atoms with Gasteiger partial charge in [0.2, 0.25) is 11.8 Å². The lowest BCUT2D eigenvalue weighted by atomic mass is 9.67. The first kappa shape index (κ1) is 41.1. The number of likely N-dealkylation sites (tertiary alicyclic amines) is 1. The van der Waals surface area contributed by atoms with Crippen LogP contribution in [0.25, 0.3) is 10.9 Å². The number of para-hydroxylation sites is 1. The Morgan fingerprint density at radius 3 is 2.39 bits per heavy atom. The number of hydrogen-bond acceptors (Lipinski definition) is 9. The van der Waals surface area contributed by atoms with Crippen LogP contribution in [0.3, 0.4) is 0 Å². The molecule has 328 valence electrons. The summed E-state index contributed by atoms with van der Waals surface area (Å²) in [4.78, 5) is 59.6. The van der Waals surface area contributed by atoms with Gasteiger partial charge < -0.3 is 24.4 Å². The van der Waals surface area contributed by atoms with Crippen LogP contribution < -0.4 is 15.0 Å². The van der Waals surface area contributed by atoms with E-state index in [1.807, 2.05) is 18.5 Å². The maximum atomic E-state index is 15.2. The molecule has 13 heteroatoms. The minimum absolute atomic E-state index is 0.115. The monoisotopic (exact) mass is 844 g/mol. The lowest BCUT2D eigenvalue weighted by Crippen LogP contribution is -2.52. The molecule has 4 fully saturated rings. The molecule has 3 atom stereocenters. The van der Waals surface area contributed by atoms with E-state index in [1.165, 1.54) is 36.6 Å². The number of halogens is 1. The van der Waals surface area contributed by atoms with E-state index in [0.717, 1.165) is 92.9 Å². The molecule has 0 radical (unpaired) electrons. The van der Waals surface area contributed by atoms with E-state index in [0.29, 0.717) is 42.4 Å². The Kier molecular flexibility index (Phi) is 10.9. The van der Waals surface area contributed by atoms with E-state index in [1.54, 1.807) is 18.7 Å². The largest absolute Gasteiger partial charge is 0.460 e. The van der Waals surface area contributed by atoms with Crippen LogP contribution in [-0.2, 0) is 22.6 Å². The van der Waals surface area contributed by atoms with E-state index in [-0.39, 0.29) is 42.3 Å². The van der Waals surface area contributed by atoms with Crippen molar-refractivity contribution < 1.29 is 23.5 Å². The van der Waals surface area contributed by atoms with Gasteiger partial charge in [-0.3, -0.25) is 24.6 Å². The molecule has 1 saturated carbocycles. The lowest BCUT2D eigenvalue weighted by molar-refractivity contribution is -0.136. The van der Waals surface area contributed by atoms with Gasteiger partial charge >= 0.3 is 6.01 Å². The summed E-state index contributed by atoms with van der Waals surface area (Å²) in [5.74, 6) is -0.0795. The van der Waals surface area contributed by atoms with Crippen LogP contribution in [0.4, 0.5) is 10.1 Å². The van der Waals surface area contributed by atoms with E-state index in [2.05, 4.69) is 68.3 Å². The molecular weight excluding hydrogens is 784 g/mol. The number of nitrogens with zero attached hydrogens (tertiary/aromatic N) is 6. The molecule has 7 heterocycles. The molecule has 62 heavy (non-hydrogen) atoms. The number of alkyl halides is 1. The molecular formula is C49H61FN8O4. The number of piperidine rings is 3. The molecule has 2 aromatic carbocycles. The highest BCUT2D eigenvalue weighted by molar-refractivity contribution is 6.05. The van der Waals surface area contributed by atoms with Gasteiger partial charge in [-0.05, 0) is 145 Å². The quantitative estimate of drug-likeness (QED) is 0.170. The average Bonchev–Trinajstić information content (AvgIpc) is 3.79. The summed E-state index contributed by atoms with van der Waals surface area (Å²) in [5.41, 5.74) is 6.28. The van der Waals surface area contributed by atoms with Gasteiger partial charge in [-0.25, -0.2) is 14.4 Å². The topological polar surface area (TPSA) is 127 Å². The number of aromatic amines is 1. The standard InChI is InChI=1S/C49H61FN8O4/c1-31-24-39-38-6-4-5-7-40(38)53-43(39)44(58(31)30-48(2,3)50)34-26-51-47(52-27-34)62-36-12-16-49(17-13-36)18-22-55(23-19-49)28-32-14-20-56(21-15-32)35-8-9-37-33(25-35)29-57(46(37)61)41-10-11-42(59)54-45(41)60/h4-9,25-27,31-32,36,41,44,53H,10-24,28-30H2,1-3H3,(H,54,59,60). The number of ether oxygens (including phenoxy) is 1. The first-order valence-corrected chi connectivity index (χ1v) is 23.2. The summed E-state index contributed by atoms with van der Waals surface area (Å²) in [6.45, 7) is 11.7. The molecule has 1 aliphatic carbocycles. The summed E-state index contributed by atoms with van der Waals surface area (Å²) >= 11 is 0. The molecule has 2 N–H and O–H groups in total. The number of imide groups is 1. The number of rotatable bonds is 9. The minimum Gasteiger partial charge on any atom is -0.460 e. The molecule has 2 aromatic heterocycles. The molecule has 4 aromatic rings. The highest BCUT2D eigenvalue weighted by Gasteiger charge is 2.42. The van der Waals surface area contributed by atoms with Gasteiger partial charge in [0.05, 0.1) is 6.04 Å². The summed E-state index contributed by atoms with van der Waals surface area (Å²) in [7, 11) is 0. The fourth-order valence-electron chi connectivity index (χ4n) is 11.8. The van der Waals surface area contributed by atoms with E-state index < -0.39 is 11.7 Å². The Morgan fingerprint density at radius 1 is 0.919 bits per heavy atom. The molecule has 3 unspecified atom stereocenters. The van der Waals surface area contributed by atoms with Gasteiger partial charge in [-0.2, -0.15) is 0 Å². The summed E-state index contributed by atoms with van der Waals surface area (Å²) in [6.07, 6.45) is 14.6. The highest BCUT2D eigenvalue weighted by Crippen LogP contribution is 2.46. The van der Waals surface area contributed by atoms with Gasteiger partial charge in [0, 0.05) is 91.0 Å². The number of amides is 3. The zero-order chi connectivity index (χ0) is 42.8. The van der Waals surface area contributed by atoms with Gasteiger partial charge in [0.25, 0.3) is 5.91 Å². The smallest absolute Gasteiger partial charge is 0.316 e. The third-order valence-electron chi connectivity index (χ3n) is 15.2. The van der Waals surface area contributed by atoms with E-state index >= 15 is 4.39 Å². The van der Waals surface area contributed by atoms with Crippen molar-refractivity contribution >= 4 is 34.3 Å². The minimum atomic E-state index is -1.35. The number of anilines is 1. The third kappa shape index (κ3) is 8.11. The Bertz CT molecular complexity index is 2320. The van der Waals surface area contributed by atoms with Crippen LogP contribution in [0.15, 0.2) is 54.9 Å². The number of H-pyrrole nitrogens is 1. The van der Waals surface area contributed by atoms with Gasteiger partial charge in [-0.15, -0.1) is 0 Å². The number of carbonyl (C=O) groups excluding carboxylic acids is 3. The first-order chi connectivity index (χ1) is 29.9. The van der Waals surface area contributed by atoms with Crippen LogP contribution >= 0.6 is 0 Å². The van der Waals surface area contributed by atoms with Crippen molar-refractivity contribution in [3.63, 3.8) is 0 Å². The Labute approximate surface area is 364 Å². The van der Waals surface area contributed by atoms with Crippen molar-refractivity contribution in [3.8, 4) is 6.01 Å². The molecule has 0 bridgehead atoms. The normalized spacial score (nSPS) is 25.4. The molecule has 10 rings (SSSR count). The molecule has 3 amide bonds. The number of aromatic nitrogens is 3. The van der Waals surface area contributed by atoms with Crippen molar-refractivity contribution in [1.29, 1.82) is 0 Å². The predicted molar refractivity (Wildman–Crippen MR) is 236 cm³/mol. The maximum absolute atomic E-state index is 15.2. The summed E-state index contributed by atoms with van der Waals surface area (Å²) in [6, 6.07) is 14.3. The number of fused-ring (bicyclic) bond motifs is 4. The van der Waals surface area contributed by atoms with Gasteiger partial charge in [-0.1, -0.05) is 18.2 Å². The van der Waals surface area contributed by atoms with Crippen LogP contribution in [0.2, 0.25) is 0 Å². The van der Waals surface area contributed by atoms with Gasteiger partial charge in [0.15, 0.2) is 0 Å². The second-order valence-corrected chi connectivity index (χ2v) is 20.0. The Morgan fingerprint density at radius 2 is 1.66 bits per heavy atom. The third-order valence-corrected chi connectivity index (χ3v) is 15.2. The number of hydrogen-bond donors (Lipinski definition) is 2. The van der Waals surface area contributed by atoms with Crippen LogP contribution in [0, 0.1) is 11.3 Å². The number of carbonyl (C=O) groups is 3. The molecule has 3 saturated heterocycles. The van der Waals surface area contributed by atoms with Crippen LogP contribution in [0.1, 0.15) is 124 Å². The maximum Gasteiger partial charge on any atom is 0.316 e. The lowest BCUT2D eigenvalue weighted by Gasteiger charge is -2.46. The molecule has 6 aliphatic rings. The molecule has 12 nitrogen and oxygen atoms in total. The number of benzene rings is 2. The van der Waals surface area contributed by atoms with Crippen molar-refractivity contribution in [2.75, 3.05) is 44.2 Å². The van der Waals surface area contributed by atoms with Crippen molar-refractivity contribution in [2.24, 2.45) is 11.3 Å². The Balaban J connectivity index is 0.690. The van der Waals surface area contributed by atoms with E-state index in [4.69, 9.17) is 14.7 Å². The van der Waals surface area contributed by atoms with Crippen LogP contribution in [0.5, 0.6) is 6.01 Å². The van der Waals surface area contributed by atoms with Crippen molar-refractivity contribution in [1.82, 2.24) is 35.0 Å². The number of nitrogens with one attached hydrogen (secondary N) is 2. The van der Waals surface area contributed by atoms with Crippen molar-refractivity contribution in [3.05, 3.63) is 82.8 Å². The Hall–Kier alpha value is -4.88. The molecule has 5 aliphatic heterocycles. The zero-order valence-corrected chi connectivity index (χ0v) is 36.5. The van der Waals surface area contributed by atoms with Crippen LogP contribution in [-0.4, -0.2) is 110 Å². The van der Waals surface area contributed by atoms with E-state index in [9.17, 15) is 14.4 Å². The average molecular weight is 845 g/mol. The zero-order valence-electron chi connectivity index (χ0n) is 36.5. The SMILES string of the molecule is CC1Cc2c([nH]c3ccccc23)C(c2cnc(OC3CCC4(CC3)CCN(CC3CCN(c5ccc6c(c5)CN(C5CCC(=O)NC5=O)C6=O)CC3)CC4)nc2)N1CC(C)(C)F. The fourth-order valence-corrected chi connectivity index (χ4v) is 11.8. The fraction of sp³-hybridized carbons (Fsp3) is 0.571. The first-order valence-electron chi connectivity index (χ1n) is 23.2. The second-order valence-electron chi connectivity index (χ2n) is 20.0. The van der Waals surface area contributed by atoms with Crippen molar-refractivity contribution in [2.45, 2.75) is 128 Å². The second kappa shape index (κ2) is 16.3.